The van der Waals surface area contributed by atoms with E-state index in [1.165, 1.54) is 0 Å². The van der Waals surface area contributed by atoms with E-state index in [1.807, 2.05) is 26.8 Å². The van der Waals surface area contributed by atoms with Gasteiger partial charge in [-0.3, -0.25) is 0 Å². The molecule has 1 rings (SSSR count). The summed E-state index contributed by atoms with van der Waals surface area (Å²) in [4.78, 5) is 8.70. The standard InChI is InChI=1S/C13H22ClN3O/c1-9(2)18-12-8-11(4)16-13(17-12)15-10(3)6-5-7-14/h8-10H,5-7H2,1-4H3,(H,15,16,17). The van der Waals surface area contributed by atoms with E-state index < -0.39 is 0 Å². The summed E-state index contributed by atoms with van der Waals surface area (Å²) in [5.41, 5.74) is 0.896. The van der Waals surface area contributed by atoms with E-state index in [0.717, 1.165) is 18.5 Å². The van der Waals surface area contributed by atoms with E-state index in [4.69, 9.17) is 16.3 Å². The summed E-state index contributed by atoms with van der Waals surface area (Å²) in [5, 5.41) is 3.27. The summed E-state index contributed by atoms with van der Waals surface area (Å²) in [5.74, 6) is 1.92. The Kier molecular flexibility index (Phi) is 6.19. The van der Waals surface area contributed by atoms with E-state index in [2.05, 4.69) is 22.2 Å². The molecular formula is C13H22ClN3O. The first-order valence-corrected chi connectivity index (χ1v) is 6.89. The molecule has 0 amide bonds. The van der Waals surface area contributed by atoms with Crippen LogP contribution in [-0.4, -0.2) is 28.0 Å². The molecule has 4 nitrogen and oxygen atoms in total. The van der Waals surface area contributed by atoms with E-state index in [-0.39, 0.29) is 6.10 Å². The van der Waals surface area contributed by atoms with Crippen molar-refractivity contribution in [1.82, 2.24) is 9.97 Å². The lowest BCUT2D eigenvalue weighted by Crippen LogP contribution is -2.18. The number of aryl methyl sites for hydroxylation is 1. The average Bonchev–Trinajstić information content (AvgIpc) is 2.24. The van der Waals surface area contributed by atoms with Gasteiger partial charge in [0.25, 0.3) is 0 Å². The van der Waals surface area contributed by atoms with Gasteiger partial charge in [0.05, 0.1) is 6.10 Å². The van der Waals surface area contributed by atoms with Crippen molar-refractivity contribution < 1.29 is 4.74 Å². The van der Waals surface area contributed by atoms with Crippen LogP contribution in [0, 0.1) is 6.92 Å². The molecule has 1 unspecified atom stereocenters. The van der Waals surface area contributed by atoms with Gasteiger partial charge in [0.2, 0.25) is 11.8 Å². The summed E-state index contributed by atoms with van der Waals surface area (Å²) in [6.45, 7) is 7.99. The predicted octanol–water partition coefficient (Wildman–Crippen LogP) is 3.39. The largest absolute Gasteiger partial charge is 0.475 e. The first-order valence-electron chi connectivity index (χ1n) is 6.36. The topological polar surface area (TPSA) is 47.0 Å². The summed E-state index contributed by atoms with van der Waals surface area (Å²) < 4.78 is 5.59. The Hall–Kier alpha value is -1.03. The van der Waals surface area contributed by atoms with Gasteiger partial charge in [-0.15, -0.1) is 11.6 Å². The summed E-state index contributed by atoms with van der Waals surface area (Å²) in [6.07, 6.45) is 2.10. The fraction of sp³-hybridized carbons (Fsp3) is 0.692. The van der Waals surface area contributed by atoms with Crippen LogP contribution in [0.4, 0.5) is 5.95 Å². The highest BCUT2D eigenvalue weighted by Crippen LogP contribution is 2.15. The lowest BCUT2D eigenvalue weighted by atomic mass is 10.2. The van der Waals surface area contributed by atoms with Gasteiger partial charge in [-0.1, -0.05) is 0 Å². The minimum atomic E-state index is 0.112. The first kappa shape index (κ1) is 15.0. The maximum atomic E-state index is 5.68. The van der Waals surface area contributed by atoms with Crippen LogP contribution in [0.3, 0.4) is 0 Å². The maximum Gasteiger partial charge on any atom is 0.226 e. The molecule has 0 saturated heterocycles. The van der Waals surface area contributed by atoms with Gasteiger partial charge < -0.3 is 10.1 Å². The molecule has 0 fully saturated rings. The Morgan fingerprint density at radius 1 is 1.33 bits per heavy atom. The van der Waals surface area contributed by atoms with Gasteiger partial charge in [-0.05, 0) is 40.5 Å². The first-order chi connectivity index (χ1) is 8.51. The number of aromatic nitrogens is 2. The molecule has 1 heterocycles. The molecule has 1 aromatic rings. The van der Waals surface area contributed by atoms with Crippen LogP contribution < -0.4 is 10.1 Å². The molecule has 0 aliphatic carbocycles. The van der Waals surface area contributed by atoms with E-state index >= 15 is 0 Å². The van der Waals surface area contributed by atoms with Gasteiger partial charge >= 0.3 is 0 Å². The van der Waals surface area contributed by atoms with Gasteiger partial charge in [-0.25, -0.2) is 4.98 Å². The van der Waals surface area contributed by atoms with Gasteiger partial charge in [0, 0.05) is 23.7 Å². The number of nitrogens with zero attached hydrogens (tertiary/aromatic N) is 2. The van der Waals surface area contributed by atoms with Crippen molar-refractivity contribution in [2.24, 2.45) is 0 Å². The van der Waals surface area contributed by atoms with Crippen molar-refractivity contribution in [2.45, 2.75) is 52.7 Å². The molecule has 0 bridgehead atoms. The molecule has 18 heavy (non-hydrogen) atoms. The molecule has 5 heteroatoms. The molecule has 1 atom stereocenters. The summed E-state index contributed by atoms with van der Waals surface area (Å²) >= 11 is 5.68. The SMILES string of the molecule is Cc1cc(OC(C)C)nc(NC(C)CCCCl)n1. The Balaban J connectivity index is 2.67. The highest BCUT2D eigenvalue weighted by Gasteiger charge is 2.07. The Bertz CT molecular complexity index is 371. The number of nitrogens with one attached hydrogen (secondary N) is 1. The second-order valence-corrected chi connectivity index (χ2v) is 5.09. The third-order valence-electron chi connectivity index (χ3n) is 2.33. The maximum absolute atomic E-state index is 5.68. The lowest BCUT2D eigenvalue weighted by Gasteiger charge is -2.15. The molecule has 0 radical (unpaired) electrons. The number of hydrogen-bond acceptors (Lipinski definition) is 4. The molecule has 0 aromatic carbocycles. The fourth-order valence-corrected chi connectivity index (χ4v) is 1.74. The Morgan fingerprint density at radius 2 is 2.06 bits per heavy atom. The number of ether oxygens (including phenoxy) is 1. The number of alkyl halides is 1. The van der Waals surface area contributed by atoms with Crippen molar-refractivity contribution in [3.63, 3.8) is 0 Å². The number of rotatable bonds is 7. The van der Waals surface area contributed by atoms with Crippen LogP contribution in [0.2, 0.25) is 0 Å². The highest BCUT2D eigenvalue weighted by molar-refractivity contribution is 6.17. The molecule has 0 saturated carbocycles. The van der Waals surface area contributed by atoms with E-state index in [1.54, 1.807) is 0 Å². The quantitative estimate of drug-likeness (QED) is 0.772. The zero-order valence-corrected chi connectivity index (χ0v) is 12.3. The van der Waals surface area contributed by atoms with Crippen LogP contribution in [0.5, 0.6) is 5.88 Å². The van der Waals surface area contributed by atoms with Crippen molar-refractivity contribution in [2.75, 3.05) is 11.2 Å². The second kappa shape index (κ2) is 7.41. The molecule has 1 aromatic heterocycles. The monoisotopic (exact) mass is 271 g/mol. The number of halogens is 1. The molecule has 0 aliphatic heterocycles. The van der Waals surface area contributed by atoms with Gasteiger partial charge in [0.1, 0.15) is 0 Å². The molecule has 102 valence electrons. The third kappa shape index (κ3) is 5.54. The minimum absolute atomic E-state index is 0.112. The van der Waals surface area contributed by atoms with Gasteiger partial charge in [-0.2, -0.15) is 4.98 Å². The molecular weight excluding hydrogens is 250 g/mol. The highest BCUT2D eigenvalue weighted by atomic mass is 35.5. The normalized spacial score (nSPS) is 12.6. The Labute approximate surface area is 114 Å². The Morgan fingerprint density at radius 3 is 2.67 bits per heavy atom. The van der Waals surface area contributed by atoms with Crippen LogP contribution >= 0.6 is 11.6 Å². The van der Waals surface area contributed by atoms with Gasteiger partial charge in [0.15, 0.2) is 0 Å². The van der Waals surface area contributed by atoms with Crippen molar-refractivity contribution in [3.8, 4) is 5.88 Å². The fourth-order valence-electron chi connectivity index (χ4n) is 1.58. The van der Waals surface area contributed by atoms with Crippen LogP contribution in [-0.2, 0) is 0 Å². The van der Waals surface area contributed by atoms with Crippen molar-refractivity contribution >= 4 is 17.5 Å². The average molecular weight is 272 g/mol. The molecule has 1 N–H and O–H groups in total. The second-order valence-electron chi connectivity index (χ2n) is 4.71. The molecule has 0 spiro atoms. The van der Waals surface area contributed by atoms with E-state index in [0.29, 0.717) is 23.8 Å². The zero-order valence-electron chi connectivity index (χ0n) is 11.5. The van der Waals surface area contributed by atoms with Crippen LogP contribution in [0.25, 0.3) is 0 Å². The number of anilines is 1. The molecule has 0 aliphatic rings. The lowest BCUT2D eigenvalue weighted by molar-refractivity contribution is 0.232. The van der Waals surface area contributed by atoms with Crippen molar-refractivity contribution in [3.05, 3.63) is 11.8 Å². The predicted molar refractivity (Wildman–Crippen MR) is 75.6 cm³/mol. The summed E-state index contributed by atoms with van der Waals surface area (Å²) in [6, 6.07) is 2.15. The minimum Gasteiger partial charge on any atom is -0.475 e. The van der Waals surface area contributed by atoms with Crippen molar-refractivity contribution in [1.29, 1.82) is 0 Å². The van der Waals surface area contributed by atoms with Crippen LogP contribution in [0.1, 0.15) is 39.3 Å². The van der Waals surface area contributed by atoms with E-state index in [9.17, 15) is 0 Å². The third-order valence-corrected chi connectivity index (χ3v) is 2.60. The zero-order chi connectivity index (χ0) is 13.5. The van der Waals surface area contributed by atoms with Crippen LogP contribution in [0.15, 0.2) is 6.07 Å². The number of hydrogen-bond donors (Lipinski definition) is 1. The summed E-state index contributed by atoms with van der Waals surface area (Å²) in [7, 11) is 0. The smallest absolute Gasteiger partial charge is 0.226 e.